The minimum atomic E-state index is -3.89. The summed E-state index contributed by atoms with van der Waals surface area (Å²) in [4.78, 5) is -0.266. The highest BCUT2D eigenvalue weighted by atomic mass is 35.5. The summed E-state index contributed by atoms with van der Waals surface area (Å²) in [5, 5.41) is 8.67. The van der Waals surface area contributed by atoms with Gasteiger partial charge in [0.15, 0.2) is 0 Å². The molecule has 0 heterocycles. The predicted octanol–water partition coefficient (Wildman–Crippen LogP) is 1.75. The van der Waals surface area contributed by atoms with Crippen LogP contribution in [0.25, 0.3) is 0 Å². The van der Waals surface area contributed by atoms with Crippen LogP contribution in [0.4, 0.5) is 10.1 Å². The number of hydrogen-bond acceptors (Lipinski definition) is 4. The van der Waals surface area contributed by atoms with Gasteiger partial charge in [-0.05, 0) is 24.0 Å². The van der Waals surface area contributed by atoms with Gasteiger partial charge in [0.1, 0.15) is 10.7 Å². The van der Waals surface area contributed by atoms with Gasteiger partial charge in [-0.25, -0.2) is 17.5 Å². The van der Waals surface area contributed by atoms with Crippen molar-refractivity contribution >= 4 is 27.3 Å². The zero-order valence-corrected chi connectivity index (χ0v) is 12.9. The molecule has 0 saturated heterocycles. The van der Waals surface area contributed by atoms with Gasteiger partial charge in [-0.3, -0.25) is 0 Å². The van der Waals surface area contributed by atoms with Crippen LogP contribution in [-0.4, -0.2) is 26.7 Å². The molecule has 0 aliphatic carbocycles. The van der Waals surface area contributed by atoms with Crippen LogP contribution in [0.5, 0.6) is 0 Å². The Labute approximate surface area is 123 Å². The summed E-state index contributed by atoms with van der Waals surface area (Å²) in [5.74, 6) is -0.769. The molecule has 0 aliphatic heterocycles. The third-order valence-electron chi connectivity index (χ3n) is 2.87. The number of nitrogens with one attached hydrogen (secondary N) is 1. The third kappa shape index (κ3) is 4.31. The Morgan fingerprint density at radius 3 is 2.60 bits per heavy atom. The van der Waals surface area contributed by atoms with Crippen LogP contribution < -0.4 is 10.5 Å². The van der Waals surface area contributed by atoms with Crippen molar-refractivity contribution in [2.75, 3.05) is 18.9 Å². The molecule has 20 heavy (non-hydrogen) atoms. The molecule has 0 aliphatic rings. The van der Waals surface area contributed by atoms with E-state index in [0.717, 1.165) is 12.1 Å². The first-order valence-corrected chi connectivity index (χ1v) is 7.80. The highest BCUT2D eigenvalue weighted by molar-refractivity contribution is 7.89. The Kier molecular flexibility index (Phi) is 5.37. The van der Waals surface area contributed by atoms with Crippen LogP contribution in [-0.2, 0) is 10.0 Å². The molecule has 1 aromatic rings. The van der Waals surface area contributed by atoms with E-state index >= 15 is 0 Å². The lowest BCUT2D eigenvalue weighted by Gasteiger charge is -2.24. The SMILES string of the molecule is CC(C)(CCO)CNS(=O)(=O)c1cc(N)c(F)cc1Cl. The van der Waals surface area contributed by atoms with Gasteiger partial charge in [0.05, 0.1) is 10.7 Å². The standard InChI is InChI=1S/C12H18ClFN2O3S/c1-12(2,3-4-17)7-16-20(18,19)11-6-10(15)9(14)5-8(11)13/h5-6,16-17H,3-4,7,15H2,1-2H3. The molecule has 0 saturated carbocycles. The zero-order valence-electron chi connectivity index (χ0n) is 11.3. The topological polar surface area (TPSA) is 92.4 Å². The molecule has 0 fully saturated rings. The van der Waals surface area contributed by atoms with Gasteiger partial charge in [-0.2, -0.15) is 0 Å². The fourth-order valence-electron chi connectivity index (χ4n) is 1.51. The van der Waals surface area contributed by atoms with E-state index in [1.807, 2.05) is 13.8 Å². The number of nitrogen functional groups attached to an aromatic ring is 1. The van der Waals surface area contributed by atoms with Crippen LogP contribution in [0.3, 0.4) is 0 Å². The molecule has 114 valence electrons. The van der Waals surface area contributed by atoms with Gasteiger partial charge in [0.25, 0.3) is 0 Å². The second kappa shape index (κ2) is 6.26. The molecule has 4 N–H and O–H groups in total. The summed E-state index contributed by atoms with van der Waals surface area (Å²) in [7, 11) is -3.89. The molecule has 0 atom stereocenters. The van der Waals surface area contributed by atoms with Crippen molar-refractivity contribution in [3.63, 3.8) is 0 Å². The Balaban J connectivity index is 2.98. The van der Waals surface area contributed by atoms with Crippen molar-refractivity contribution in [3.8, 4) is 0 Å². The van der Waals surface area contributed by atoms with Crippen molar-refractivity contribution in [1.29, 1.82) is 0 Å². The molecular weight excluding hydrogens is 307 g/mol. The smallest absolute Gasteiger partial charge is 0.242 e. The van der Waals surface area contributed by atoms with Crippen LogP contribution in [0.15, 0.2) is 17.0 Å². The second-order valence-electron chi connectivity index (χ2n) is 5.27. The molecular formula is C12H18ClFN2O3S. The number of hydrogen-bond donors (Lipinski definition) is 3. The van der Waals surface area contributed by atoms with Gasteiger partial charge in [0, 0.05) is 13.2 Å². The van der Waals surface area contributed by atoms with Gasteiger partial charge in [-0.1, -0.05) is 25.4 Å². The number of aliphatic hydroxyl groups is 1. The fraction of sp³-hybridized carbons (Fsp3) is 0.500. The van der Waals surface area contributed by atoms with Crippen LogP contribution in [0.2, 0.25) is 5.02 Å². The summed E-state index contributed by atoms with van der Waals surface area (Å²) in [5.41, 5.74) is 4.65. The number of rotatable bonds is 6. The molecule has 1 aromatic carbocycles. The molecule has 1 rings (SSSR count). The molecule has 0 unspecified atom stereocenters. The lowest BCUT2D eigenvalue weighted by Crippen LogP contribution is -2.34. The highest BCUT2D eigenvalue weighted by Gasteiger charge is 2.24. The first-order valence-electron chi connectivity index (χ1n) is 5.94. The van der Waals surface area contributed by atoms with Crippen molar-refractivity contribution in [3.05, 3.63) is 23.0 Å². The first-order chi connectivity index (χ1) is 9.09. The van der Waals surface area contributed by atoms with E-state index < -0.39 is 21.3 Å². The first kappa shape index (κ1) is 17.2. The number of anilines is 1. The Bertz CT molecular complexity index is 591. The van der Waals surface area contributed by atoms with E-state index in [-0.39, 0.29) is 28.8 Å². The zero-order chi connectivity index (χ0) is 15.6. The highest BCUT2D eigenvalue weighted by Crippen LogP contribution is 2.27. The van der Waals surface area contributed by atoms with Gasteiger partial charge in [-0.15, -0.1) is 0 Å². The Hall–Kier alpha value is -0.890. The van der Waals surface area contributed by atoms with E-state index in [9.17, 15) is 12.8 Å². The molecule has 0 aromatic heterocycles. The van der Waals surface area contributed by atoms with Crippen molar-refractivity contribution in [1.82, 2.24) is 4.72 Å². The molecule has 0 amide bonds. The summed E-state index contributed by atoms with van der Waals surface area (Å²) in [6.45, 7) is 3.70. The maximum absolute atomic E-state index is 13.2. The largest absolute Gasteiger partial charge is 0.396 e. The van der Waals surface area contributed by atoms with E-state index in [0.29, 0.717) is 6.42 Å². The van der Waals surface area contributed by atoms with Crippen molar-refractivity contribution in [2.24, 2.45) is 5.41 Å². The minimum Gasteiger partial charge on any atom is -0.396 e. The number of sulfonamides is 1. The summed E-state index contributed by atoms with van der Waals surface area (Å²) < 4.78 is 39.8. The summed E-state index contributed by atoms with van der Waals surface area (Å²) >= 11 is 5.74. The van der Waals surface area contributed by atoms with Crippen LogP contribution in [0, 0.1) is 11.2 Å². The van der Waals surface area contributed by atoms with Crippen molar-refractivity contribution in [2.45, 2.75) is 25.2 Å². The Morgan fingerprint density at radius 1 is 1.45 bits per heavy atom. The maximum Gasteiger partial charge on any atom is 0.242 e. The third-order valence-corrected chi connectivity index (χ3v) is 4.74. The number of nitrogens with two attached hydrogens (primary N) is 1. The van der Waals surface area contributed by atoms with Gasteiger partial charge < -0.3 is 10.8 Å². The quantitative estimate of drug-likeness (QED) is 0.695. The lowest BCUT2D eigenvalue weighted by molar-refractivity contribution is 0.213. The average molecular weight is 325 g/mol. The van der Waals surface area contributed by atoms with Gasteiger partial charge >= 0.3 is 0 Å². The molecule has 8 heteroatoms. The summed E-state index contributed by atoms with van der Waals surface area (Å²) in [6.07, 6.45) is 0.439. The minimum absolute atomic E-state index is 0.0427. The second-order valence-corrected chi connectivity index (χ2v) is 7.41. The average Bonchev–Trinajstić information content (AvgIpc) is 2.31. The number of benzene rings is 1. The summed E-state index contributed by atoms with van der Waals surface area (Å²) in [6, 6.07) is 1.85. The van der Waals surface area contributed by atoms with Crippen molar-refractivity contribution < 1.29 is 17.9 Å². The molecule has 0 radical (unpaired) electrons. The maximum atomic E-state index is 13.2. The fourth-order valence-corrected chi connectivity index (χ4v) is 3.30. The van der Waals surface area contributed by atoms with E-state index in [1.165, 1.54) is 0 Å². The van der Waals surface area contributed by atoms with Gasteiger partial charge in [0.2, 0.25) is 10.0 Å². The molecule has 0 bridgehead atoms. The van der Waals surface area contributed by atoms with Crippen LogP contribution in [0.1, 0.15) is 20.3 Å². The van der Waals surface area contributed by atoms with Crippen LogP contribution >= 0.6 is 11.6 Å². The van der Waals surface area contributed by atoms with E-state index in [2.05, 4.69) is 4.72 Å². The molecule has 0 spiro atoms. The monoisotopic (exact) mass is 324 g/mol. The number of aliphatic hydroxyl groups excluding tert-OH is 1. The van der Waals surface area contributed by atoms with E-state index in [4.69, 9.17) is 22.4 Å². The Morgan fingerprint density at radius 2 is 2.05 bits per heavy atom. The normalized spacial score (nSPS) is 12.7. The lowest BCUT2D eigenvalue weighted by atomic mass is 9.90. The predicted molar refractivity (Wildman–Crippen MR) is 76.5 cm³/mol. The molecule has 5 nitrogen and oxygen atoms in total. The number of halogens is 2. The van der Waals surface area contributed by atoms with E-state index in [1.54, 1.807) is 0 Å².